The van der Waals surface area contributed by atoms with E-state index in [9.17, 15) is 0 Å². The molecule has 2 rings (SSSR count). The first kappa shape index (κ1) is 14.3. The maximum atomic E-state index is 4.23. The summed E-state index contributed by atoms with van der Waals surface area (Å²) in [4.78, 5) is 8.39. The number of anilines is 2. The Morgan fingerprint density at radius 3 is 2.45 bits per heavy atom. The molecule has 0 bridgehead atoms. The zero-order valence-corrected chi connectivity index (χ0v) is 12.1. The second kappa shape index (κ2) is 7.48. The molecule has 1 aromatic carbocycles. The molecule has 0 amide bonds. The highest BCUT2D eigenvalue weighted by atomic mass is 15.1. The van der Waals surface area contributed by atoms with E-state index in [1.807, 2.05) is 6.07 Å². The van der Waals surface area contributed by atoms with Gasteiger partial charge in [0.05, 0.1) is 0 Å². The number of nitrogens with one attached hydrogen (secondary N) is 2. The van der Waals surface area contributed by atoms with Gasteiger partial charge in [0.2, 0.25) is 0 Å². The van der Waals surface area contributed by atoms with Crippen LogP contribution in [0.4, 0.5) is 11.6 Å². The van der Waals surface area contributed by atoms with Crippen molar-refractivity contribution in [2.45, 2.75) is 26.2 Å². The second-order valence-electron chi connectivity index (χ2n) is 4.85. The number of benzene rings is 1. The van der Waals surface area contributed by atoms with E-state index >= 15 is 0 Å². The van der Waals surface area contributed by atoms with Crippen LogP contribution >= 0.6 is 0 Å². The van der Waals surface area contributed by atoms with Gasteiger partial charge in [-0.2, -0.15) is 0 Å². The van der Waals surface area contributed by atoms with Crippen LogP contribution in [0.25, 0.3) is 0 Å². The highest BCUT2D eigenvalue weighted by Gasteiger charge is 2.04. The smallest absolute Gasteiger partial charge is 0.131 e. The van der Waals surface area contributed by atoms with Crippen molar-refractivity contribution in [2.75, 3.05) is 23.7 Å². The molecule has 1 heterocycles. The lowest BCUT2D eigenvalue weighted by Gasteiger charge is -2.13. The van der Waals surface area contributed by atoms with Gasteiger partial charge in [-0.05, 0) is 24.8 Å². The van der Waals surface area contributed by atoms with Crippen LogP contribution in [0, 0.1) is 0 Å². The van der Waals surface area contributed by atoms with Crippen molar-refractivity contribution < 1.29 is 0 Å². The maximum Gasteiger partial charge on any atom is 0.131 e. The van der Waals surface area contributed by atoms with Crippen LogP contribution < -0.4 is 10.6 Å². The second-order valence-corrected chi connectivity index (χ2v) is 4.85. The minimum atomic E-state index is 0.541. The average molecular weight is 270 g/mol. The molecule has 2 N–H and O–H groups in total. The average Bonchev–Trinajstić information content (AvgIpc) is 2.49. The lowest BCUT2D eigenvalue weighted by Crippen LogP contribution is -2.08. The summed E-state index contributed by atoms with van der Waals surface area (Å²) < 4.78 is 0. The van der Waals surface area contributed by atoms with Gasteiger partial charge >= 0.3 is 0 Å². The summed E-state index contributed by atoms with van der Waals surface area (Å²) in [7, 11) is 0. The molecule has 0 saturated carbocycles. The standard InChI is InChI=1S/C16H22N4/c1-3-17-15-11-16(20-12-19-15)18-10-9-13(2)14-7-5-4-6-8-14/h4-8,11-13H,3,9-10H2,1-2H3,(H2,17,18,19,20). The van der Waals surface area contributed by atoms with Gasteiger partial charge < -0.3 is 10.6 Å². The van der Waals surface area contributed by atoms with Crippen molar-refractivity contribution in [3.05, 3.63) is 48.3 Å². The fourth-order valence-electron chi connectivity index (χ4n) is 2.10. The molecule has 4 nitrogen and oxygen atoms in total. The van der Waals surface area contributed by atoms with Crippen molar-refractivity contribution in [2.24, 2.45) is 0 Å². The third-order valence-corrected chi connectivity index (χ3v) is 3.28. The molecular formula is C16H22N4. The first-order chi connectivity index (χ1) is 9.79. The molecule has 0 spiro atoms. The number of hydrogen-bond donors (Lipinski definition) is 2. The molecule has 0 aliphatic rings. The molecule has 0 fully saturated rings. The van der Waals surface area contributed by atoms with Gasteiger partial charge in [0.25, 0.3) is 0 Å². The molecule has 106 valence electrons. The molecular weight excluding hydrogens is 248 g/mol. The minimum Gasteiger partial charge on any atom is -0.370 e. The molecule has 4 heteroatoms. The summed E-state index contributed by atoms with van der Waals surface area (Å²) in [5.41, 5.74) is 1.38. The van der Waals surface area contributed by atoms with Crippen LogP contribution in [0.5, 0.6) is 0 Å². The summed E-state index contributed by atoms with van der Waals surface area (Å²) in [5, 5.41) is 6.53. The summed E-state index contributed by atoms with van der Waals surface area (Å²) in [6, 6.07) is 12.5. The highest BCUT2D eigenvalue weighted by molar-refractivity contribution is 5.46. The van der Waals surface area contributed by atoms with Crippen LogP contribution in [0.3, 0.4) is 0 Å². The SMILES string of the molecule is CCNc1cc(NCCC(C)c2ccccc2)ncn1. The Bertz CT molecular complexity index is 513. The molecule has 2 aromatic rings. The highest BCUT2D eigenvalue weighted by Crippen LogP contribution is 2.18. The Morgan fingerprint density at radius 1 is 1.05 bits per heavy atom. The van der Waals surface area contributed by atoms with Crippen LogP contribution in [0.15, 0.2) is 42.7 Å². The van der Waals surface area contributed by atoms with Crippen molar-refractivity contribution >= 4 is 11.6 Å². The third-order valence-electron chi connectivity index (χ3n) is 3.28. The first-order valence-electron chi connectivity index (χ1n) is 7.14. The van der Waals surface area contributed by atoms with Crippen molar-refractivity contribution in [1.29, 1.82) is 0 Å². The molecule has 1 atom stereocenters. The number of nitrogens with zero attached hydrogens (tertiary/aromatic N) is 2. The largest absolute Gasteiger partial charge is 0.370 e. The van der Waals surface area contributed by atoms with Gasteiger partial charge in [-0.1, -0.05) is 37.3 Å². The van der Waals surface area contributed by atoms with E-state index in [-0.39, 0.29) is 0 Å². The molecule has 1 aromatic heterocycles. The van der Waals surface area contributed by atoms with Gasteiger partial charge in [-0.15, -0.1) is 0 Å². The Morgan fingerprint density at radius 2 is 1.75 bits per heavy atom. The van der Waals surface area contributed by atoms with Gasteiger partial charge in [-0.25, -0.2) is 9.97 Å². The zero-order valence-electron chi connectivity index (χ0n) is 12.1. The maximum absolute atomic E-state index is 4.23. The minimum absolute atomic E-state index is 0.541. The summed E-state index contributed by atoms with van der Waals surface area (Å²) in [6.45, 7) is 6.07. The third kappa shape index (κ3) is 4.23. The van der Waals surface area contributed by atoms with Crippen molar-refractivity contribution in [3.8, 4) is 0 Å². The predicted molar refractivity (Wildman–Crippen MR) is 84.2 cm³/mol. The topological polar surface area (TPSA) is 49.8 Å². The van der Waals surface area contributed by atoms with Gasteiger partial charge in [0.1, 0.15) is 18.0 Å². The van der Waals surface area contributed by atoms with Crippen molar-refractivity contribution in [1.82, 2.24) is 9.97 Å². The number of aromatic nitrogens is 2. The van der Waals surface area contributed by atoms with E-state index in [4.69, 9.17) is 0 Å². The molecule has 20 heavy (non-hydrogen) atoms. The molecule has 0 saturated heterocycles. The van der Waals surface area contributed by atoms with E-state index in [1.54, 1.807) is 6.33 Å². The lowest BCUT2D eigenvalue weighted by atomic mass is 9.98. The normalized spacial score (nSPS) is 11.9. The molecule has 0 aliphatic carbocycles. The summed E-state index contributed by atoms with van der Waals surface area (Å²) in [6.07, 6.45) is 2.66. The van der Waals surface area contributed by atoms with Gasteiger partial charge in [-0.3, -0.25) is 0 Å². The van der Waals surface area contributed by atoms with Crippen LogP contribution in [0.2, 0.25) is 0 Å². The monoisotopic (exact) mass is 270 g/mol. The fourth-order valence-corrected chi connectivity index (χ4v) is 2.10. The van der Waals surface area contributed by atoms with Gasteiger partial charge in [0.15, 0.2) is 0 Å². The Labute approximate surface area is 120 Å². The zero-order chi connectivity index (χ0) is 14.2. The number of rotatable bonds is 7. The van der Waals surface area contributed by atoms with Crippen LogP contribution in [-0.2, 0) is 0 Å². The Hall–Kier alpha value is -2.10. The lowest BCUT2D eigenvalue weighted by molar-refractivity contribution is 0.704. The van der Waals surface area contributed by atoms with Crippen LogP contribution in [0.1, 0.15) is 31.7 Å². The predicted octanol–water partition coefficient (Wildman–Crippen LogP) is 3.51. The number of hydrogen-bond acceptors (Lipinski definition) is 4. The van der Waals surface area contributed by atoms with E-state index in [2.05, 4.69) is 64.8 Å². The summed E-state index contributed by atoms with van der Waals surface area (Å²) in [5.74, 6) is 2.27. The van der Waals surface area contributed by atoms with E-state index in [1.165, 1.54) is 5.56 Å². The van der Waals surface area contributed by atoms with E-state index in [0.29, 0.717) is 5.92 Å². The first-order valence-corrected chi connectivity index (χ1v) is 7.14. The quantitative estimate of drug-likeness (QED) is 0.808. The molecule has 0 radical (unpaired) electrons. The fraction of sp³-hybridized carbons (Fsp3) is 0.375. The Kier molecular flexibility index (Phi) is 5.35. The molecule has 1 unspecified atom stereocenters. The molecule has 0 aliphatic heterocycles. The summed E-state index contributed by atoms with van der Waals surface area (Å²) >= 11 is 0. The van der Waals surface area contributed by atoms with E-state index in [0.717, 1.165) is 31.1 Å². The Balaban J connectivity index is 1.82. The van der Waals surface area contributed by atoms with E-state index < -0.39 is 0 Å². The van der Waals surface area contributed by atoms with Crippen molar-refractivity contribution in [3.63, 3.8) is 0 Å². The van der Waals surface area contributed by atoms with Gasteiger partial charge in [0, 0.05) is 19.2 Å². The van der Waals surface area contributed by atoms with Crippen LogP contribution in [-0.4, -0.2) is 23.1 Å².